The van der Waals surface area contributed by atoms with Crippen molar-refractivity contribution in [2.75, 3.05) is 39.5 Å². The maximum atomic E-state index is 11.1. The molecule has 0 aliphatic carbocycles. The van der Waals surface area contributed by atoms with Crippen LogP contribution in [0, 0.1) is 0 Å². The first-order chi connectivity index (χ1) is 9.29. The van der Waals surface area contributed by atoms with Crippen molar-refractivity contribution in [1.29, 1.82) is 0 Å². The van der Waals surface area contributed by atoms with Crippen LogP contribution in [0.25, 0.3) is 0 Å². The minimum atomic E-state index is -0.276. The lowest BCUT2D eigenvalue weighted by atomic mass is 9.98. The number of hydrogen-bond donors (Lipinski definition) is 1. The van der Waals surface area contributed by atoms with Crippen LogP contribution in [-0.2, 0) is 14.3 Å². The molecule has 2 aliphatic heterocycles. The second kappa shape index (κ2) is 7.82. The molecule has 2 unspecified atom stereocenters. The standard InChI is InChI=1S/C14H26N2O3/c1-2-19-14(17)11-18-9-6-15-12-5-8-16-7-3-4-13(16)10-12/h12-13,15H,2-11H2,1H3. The molecule has 1 N–H and O–H groups in total. The van der Waals surface area contributed by atoms with Crippen LogP contribution < -0.4 is 5.32 Å². The molecule has 0 spiro atoms. The Kier molecular flexibility index (Phi) is 6.07. The van der Waals surface area contributed by atoms with Crippen molar-refractivity contribution < 1.29 is 14.3 Å². The summed E-state index contributed by atoms with van der Waals surface area (Å²) in [5.41, 5.74) is 0. The average molecular weight is 270 g/mol. The highest BCUT2D eigenvalue weighted by Crippen LogP contribution is 2.26. The Labute approximate surface area is 115 Å². The quantitative estimate of drug-likeness (QED) is 0.547. The Morgan fingerprint density at radius 3 is 3.11 bits per heavy atom. The number of fused-ring (bicyclic) bond motifs is 1. The topological polar surface area (TPSA) is 50.8 Å². The van der Waals surface area contributed by atoms with Gasteiger partial charge in [0.2, 0.25) is 0 Å². The monoisotopic (exact) mass is 270 g/mol. The summed E-state index contributed by atoms with van der Waals surface area (Å²) in [5.74, 6) is -0.276. The summed E-state index contributed by atoms with van der Waals surface area (Å²) in [5, 5.41) is 3.54. The van der Waals surface area contributed by atoms with Gasteiger partial charge in [0.05, 0.1) is 13.2 Å². The second-order valence-electron chi connectivity index (χ2n) is 5.37. The largest absolute Gasteiger partial charge is 0.464 e. The fraction of sp³-hybridized carbons (Fsp3) is 0.929. The summed E-state index contributed by atoms with van der Waals surface area (Å²) in [7, 11) is 0. The Bertz CT molecular complexity index is 286. The Hall–Kier alpha value is -0.650. The molecule has 2 aliphatic rings. The zero-order valence-corrected chi connectivity index (χ0v) is 11.9. The summed E-state index contributed by atoms with van der Waals surface area (Å²) >= 11 is 0. The van der Waals surface area contributed by atoms with Gasteiger partial charge in [-0.2, -0.15) is 0 Å². The third kappa shape index (κ3) is 4.75. The zero-order valence-electron chi connectivity index (χ0n) is 11.9. The van der Waals surface area contributed by atoms with Crippen LogP contribution in [0.3, 0.4) is 0 Å². The molecule has 0 bridgehead atoms. The number of carbonyl (C=O) groups excluding carboxylic acids is 1. The van der Waals surface area contributed by atoms with Crippen molar-refractivity contribution >= 4 is 5.97 Å². The molecule has 2 atom stereocenters. The maximum Gasteiger partial charge on any atom is 0.332 e. The number of rotatable bonds is 7. The van der Waals surface area contributed by atoms with Crippen LogP contribution >= 0.6 is 0 Å². The molecule has 2 rings (SSSR count). The molecule has 2 heterocycles. The van der Waals surface area contributed by atoms with Crippen LogP contribution in [-0.4, -0.2) is 62.4 Å². The number of nitrogens with zero attached hydrogens (tertiary/aromatic N) is 1. The van der Waals surface area contributed by atoms with Crippen LogP contribution in [0.15, 0.2) is 0 Å². The Morgan fingerprint density at radius 1 is 1.37 bits per heavy atom. The molecule has 0 aromatic carbocycles. The molecule has 5 heteroatoms. The Morgan fingerprint density at radius 2 is 2.26 bits per heavy atom. The lowest BCUT2D eigenvalue weighted by Crippen LogP contribution is -2.46. The van der Waals surface area contributed by atoms with Crippen LogP contribution in [0.5, 0.6) is 0 Å². The first-order valence-electron chi connectivity index (χ1n) is 7.50. The highest BCUT2D eigenvalue weighted by molar-refractivity contribution is 5.70. The van der Waals surface area contributed by atoms with Gasteiger partial charge in [0.1, 0.15) is 6.61 Å². The highest BCUT2D eigenvalue weighted by Gasteiger charge is 2.31. The van der Waals surface area contributed by atoms with Crippen molar-refractivity contribution in [2.24, 2.45) is 0 Å². The molecule has 5 nitrogen and oxygen atoms in total. The van der Waals surface area contributed by atoms with E-state index in [9.17, 15) is 4.79 Å². The fourth-order valence-electron chi connectivity index (χ4n) is 3.10. The van der Waals surface area contributed by atoms with E-state index in [4.69, 9.17) is 9.47 Å². The number of carbonyl (C=O) groups is 1. The zero-order chi connectivity index (χ0) is 13.5. The number of nitrogens with one attached hydrogen (secondary N) is 1. The van der Waals surface area contributed by atoms with Gasteiger partial charge in [0.25, 0.3) is 0 Å². The molecule has 0 aromatic rings. The van der Waals surface area contributed by atoms with E-state index in [-0.39, 0.29) is 12.6 Å². The Balaban J connectivity index is 1.50. The third-order valence-corrected chi connectivity index (χ3v) is 4.03. The normalized spacial score (nSPS) is 27.2. The van der Waals surface area contributed by atoms with E-state index in [1.165, 1.54) is 38.8 Å². The average Bonchev–Trinajstić information content (AvgIpc) is 2.86. The van der Waals surface area contributed by atoms with Crippen molar-refractivity contribution in [3.8, 4) is 0 Å². The van der Waals surface area contributed by atoms with Gasteiger partial charge in [-0.05, 0) is 45.7 Å². The minimum absolute atomic E-state index is 0.0661. The number of hydrogen-bond acceptors (Lipinski definition) is 5. The number of esters is 1. The predicted molar refractivity (Wildman–Crippen MR) is 73.1 cm³/mol. The lowest BCUT2D eigenvalue weighted by Gasteiger charge is -2.35. The second-order valence-corrected chi connectivity index (χ2v) is 5.37. The van der Waals surface area contributed by atoms with Crippen molar-refractivity contribution in [2.45, 2.75) is 44.7 Å². The number of ether oxygens (including phenoxy) is 2. The first kappa shape index (κ1) is 14.8. The van der Waals surface area contributed by atoms with E-state index < -0.39 is 0 Å². The number of piperidine rings is 1. The highest BCUT2D eigenvalue weighted by atomic mass is 16.6. The molecule has 0 aromatic heterocycles. The molecule has 2 saturated heterocycles. The smallest absolute Gasteiger partial charge is 0.332 e. The van der Waals surface area contributed by atoms with Crippen molar-refractivity contribution in [1.82, 2.24) is 10.2 Å². The van der Waals surface area contributed by atoms with Gasteiger partial charge in [-0.15, -0.1) is 0 Å². The van der Waals surface area contributed by atoms with E-state index in [0.29, 0.717) is 19.3 Å². The van der Waals surface area contributed by atoms with Gasteiger partial charge in [-0.1, -0.05) is 0 Å². The molecule has 19 heavy (non-hydrogen) atoms. The van der Waals surface area contributed by atoms with E-state index >= 15 is 0 Å². The van der Waals surface area contributed by atoms with Gasteiger partial charge in [-0.3, -0.25) is 0 Å². The SMILES string of the molecule is CCOC(=O)COCCNC1CCN2CCCC2C1. The summed E-state index contributed by atoms with van der Waals surface area (Å²) in [6, 6.07) is 1.41. The van der Waals surface area contributed by atoms with Gasteiger partial charge in [0.15, 0.2) is 0 Å². The minimum Gasteiger partial charge on any atom is -0.464 e. The molecule has 0 amide bonds. The third-order valence-electron chi connectivity index (χ3n) is 4.03. The van der Waals surface area contributed by atoms with E-state index in [0.717, 1.165) is 12.6 Å². The van der Waals surface area contributed by atoms with Crippen molar-refractivity contribution in [3.05, 3.63) is 0 Å². The van der Waals surface area contributed by atoms with Gasteiger partial charge in [-0.25, -0.2) is 4.79 Å². The molecular weight excluding hydrogens is 244 g/mol. The predicted octanol–water partition coefficient (Wildman–Crippen LogP) is 0.783. The van der Waals surface area contributed by atoms with Gasteiger partial charge in [0, 0.05) is 18.6 Å². The van der Waals surface area contributed by atoms with Gasteiger partial charge >= 0.3 is 5.97 Å². The molecule has 0 radical (unpaired) electrons. The first-order valence-corrected chi connectivity index (χ1v) is 7.50. The molecular formula is C14H26N2O3. The van der Waals surface area contributed by atoms with Crippen LogP contribution in [0.2, 0.25) is 0 Å². The summed E-state index contributed by atoms with van der Waals surface area (Å²) in [6.45, 7) is 6.19. The van der Waals surface area contributed by atoms with E-state index in [2.05, 4.69) is 10.2 Å². The van der Waals surface area contributed by atoms with Crippen LogP contribution in [0.1, 0.15) is 32.6 Å². The molecule has 0 saturated carbocycles. The lowest BCUT2D eigenvalue weighted by molar-refractivity contribution is -0.148. The summed E-state index contributed by atoms with van der Waals surface area (Å²) in [6.07, 6.45) is 5.21. The summed E-state index contributed by atoms with van der Waals surface area (Å²) < 4.78 is 10.1. The molecule has 2 fully saturated rings. The summed E-state index contributed by atoms with van der Waals surface area (Å²) in [4.78, 5) is 13.7. The van der Waals surface area contributed by atoms with Gasteiger partial charge < -0.3 is 19.7 Å². The van der Waals surface area contributed by atoms with E-state index in [1.807, 2.05) is 0 Å². The molecule has 110 valence electrons. The fourth-order valence-corrected chi connectivity index (χ4v) is 3.10. The van der Waals surface area contributed by atoms with E-state index in [1.54, 1.807) is 6.92 Å². The van der Waals surface area contributed by atoms with Crippen molar-refractivity contribution in [3.63, 3.8) is 0 Å². The van der Waals surface area contributed by atoms with Crippen LogP contribution in [0.4, 0.5) is 0 Å². The maximum absolute atomic E-state index is 11.1.